The molecule has 43 heavy (non-hydrogen) atoms. The molecular formula is C32H30ClF2N3O5. The van der Waals surface area contributed by atoms with Crippen LogP contribution in [0.3, 0.4) is 0 Å². The zero-order valence-corrected chi connectivity index (χ0v) is 24.2. The highest BCUT2D eigenvalue weighted by molar-refractivity contribution is 6.30. The number of carbonyl (C=O) groups is 1. The van der Waals surface area contributed by atoms with Gasteiger partial charge in [-0.2, -0.15) is 0 Å². The largest absolute Gasteiger partial charge is 0.478 e. The van der Waals surface area contributed by atoms with Gasteiger partial charge < -0.3 is 23.9 Å². The number of rotatable bonds is 7. The van der Waals surface area contributed by atoms with E-state index in [4.69, 9.17) is 30.8 Å². The summed E-state index contributed by atoms with van der Waals surface area (Å²) in [6.07, 6.45) is 2.50. The number of benzene rings is 3. The van der Waals surface area contributed by atoms with Gasteiger partial charge >= 0.3 is 5.97 Å². The van der Waals surface area contributed by atoms with Crippen LogP contribution in [0.25, 0.3) is 11.0 Å². The van der Waals surface area contributed by atoms with Crippen LogP contribution in [0.5, 0.6) is 11.5 Å². The number of hydrogen-bond donors (Lipinski definition) is 1. The zero-order chi connectivity index (χ0) is 29.9. The number of ether oxygens (including phenoxy) is 3. The Morgan fingerprint density at radius 2 is 1.91 bits per heavy atom. The molecule has 1 aromatic heterocycles. The number of carboxylic acids is 1. The molecule has 2 saturated heterocycles. The Hall–Kier alpha value is -3.73. The van der Waals surface area contributed by atoms with Gasteiger partial charge in [-0.05, 0) is 74.7 Å². The molecule has 2 fully saturated rings. The molecule has 0 saturated carbocycles. The lowest BCUT2D eigenvalue weighted by atomic mass is 9.88. The lowest BCUT2D eigenvalue weighted by molar-refractivity contribution is -0.0712. The van der Waals surface area contributed by atoms with E-state index in [0.29, 0.717) is 47.6 Å². The van der Waals surface area contributed by atoms with Crippen LogP contribution in [0.15, 0.2) is 48.5 Å². The van der Waals surface area contributed by atoms with Crippen molar-refractivity contribution < 1.29 is 32.9 Å². The average molecular weight is 610 g/mol. The molecule has 0 amide bonds. The van der Waals surface area contributed by atoms with Crippen molar-refractivity contribution in [1.29, 1.82) is 0 Å². The highest BCUT2D eigenvalue weighted by Gasteiger charge is 2.43. The second-order valence-electron chi connectivity index (χ2n) is 11.5. The highest BCUT2D eigenvalue weighted by Crippen LogP contribution is 2.50. The predicted octanol–water partition coefficient (Wildman–Crippen LogP) is 6.48. The van der Waals surface area contributed by atoms with Crippen LogP contribution in [0.1, 0.15) is 59.4 Å². The maximum absolute atomic E-state index is 15.4. The molecule has 4 aromatic rings. The highest BCUT2D eigenvalue weighted by atomic mass is 35.5. The molecule has 8 nitrogen and oxygen atoms in total. The Morgan fingerprint density at radius 1 is 1.12 bits per heavy atom. The van der Waals surface area contributed by atoms with Gasteiger partial charge in [-0.25, -0.2) is 18.6 Å². The third-order valence-corrected chi connectivity index (χ3v) is 8.99. The minimum Gasteiger partial charge on any atom is -0.478 e. The molecule has 0 spiro atoms. The van der Waals surface area contributed by atoms with E-state index in [0.717, 1.165) is 37.9 Å². The van der Waals surface area contributed by atoms with E-state index in [-0.39, 0.29) is 28.7 Å². The fourth-order valence-electron chi connectivity index (χ4n) is 6.38. The van der Waals surface area contributed by atoms with Gasteiger partial charge in [-0.15, -0.1) is 0 Å². The van der Waals surface area contributed by atoms with Crippen molar-refractivity contribution in [2.75, 3.05) is 19.7 Å². The average Bonchev–Trinajstić information content (AvgIpc) is 3.48. The molecule has 0 unspecified atom stereocenters. The number of fused-ring (bicyclic) bond motifs is 2. The number of aromatic carboxylic acids is 1. The second kappa shape index (κ2) is 10.8. The van der Waals surface area contributed by atoms with Gasteiger partial charge in [0, 0.05) is 24.1 Å². The molecule has 224 valence electrons. The van der Waals surface area contributed by atoms with Gasteiger partial charge in [-0.3, -0.25) is 4.90 Å². The summed E-state index contributed by atoms with van der Waals surface area (Å²) in [6.45, 7) is 4.82. The number of carboxylic acid groups (broad SMARTS) is 1. The van der Waals surface area contributed by atoms with E-state index in [2.05, 4.69) is 4.90 Å². The van der Waals surface area contributed by atoms with Crippen molar-refractivity contribution in [1.82, 2.24) is 14.5 Å². The SMILES string of the molecule is C[C@]1(c2ccc(Cl)cc2F)Oc2cccc(C3CCN(Cc4nc5ccc(C(=O)O)c(F)c5n4C[C@@H]4CCO4)CC3)c2O1. The number of para-hydroxylation sites is 1. The first-order chi connectivity index (χ1) is 20.7. The molecule has 0 aliphatic carbocycles. The summed E-state index contributed by atoms with van der Waals surface area (Å²) in [7, 11) is 0. The molecule has 4 heterocycles. The Morgan fingerprint density at radius 3 is 2.60 bits per heavy atom. The maximum atomic E-state index is 15.4. The number of imidazole rings is 1. The van der Waals surface area contributed by atoms with Gasteiger partial charge in [0.05, 0.1) is 35.8 Å². The summed E-state index contributed by atoms with van der Waals surface area (Å²) in [6, 6.07) is 13.1. The smallest absolute Gasteiger partial charge is 0.338 e. The summed E-state index contributed by atoms with van der Waals surface area (Å²) >= 11 is 5.96. The summed E-state index contributed by atoms with van der Waals surface area (Å²) in [5, 5.41) is 9.77. The Labute approximate surface area is 251 Å². The van der Waals surface area contributed by atoms with Crippen molar-refractivity contribution in [3.8, 4) is 11.5 Å². The zero-order valence-electron chi connectivity index (χ0n) is 23.5. The molecule has 3 aliphatic rings. The first-order valence-corrected chi connectivity index (χ1v) is 14.8. The van der Waals surface area contributed by atoms with Crippen LogP contribution < -0.4 is 9.47 Å². The number of aromatic nitrogens is 2. The maximum Gasteiger partial charge on any atom is 0.338 e. The Bertz CT molecular complexity index is 1730. The van der Waals surface area contributed by atoms with Crippen LogP contribution in [0.2, 0.25) is 5.02 Å². The lowest BCUT2D eigenvalue weighted by Gasteiger charge is -2.33. The van der Waals surface area contributed by atoms with Gasteiger partial charge in [0.2, 0.25) is 0 Å². The topological polar surface area (TPSA) is 86.1 Å². The van der Waals surface area contributed by atoms with Crippen molar-refractivity contribution in [2.24, 2.45) is 0 Å². The van der Waals surface area contributed by atoms with E-state index in [1.807, 2.05) is 18.2 Å². The van der Waals surface area contributed by atoms with Crippen molar-refractivity contribution in [3.05, 3.63) is 87.7 Å². The summed E-state index contributed by atoms with van der Waals surface area (Å²) in [5.74, 6) is -1.80. The fourth-order valence-corrected chi connectivity index (χ4v) is 6.54. The number of halogens is 3. The normalized spacial score (nSPS) is 22.2. The summed E-state index contributed by atoms with van der Waals surface area (Å²) in [4.78, 5) is 18.6. The number of nitrogens with zero attached hydrogens (tertiary/aromatic N) is 3. The number of likely N-dealkylation sites (tertiary alicyclic amines) is 1. The van der Waals surface area contributed by atoms with E-state index in [1.165, 1.54) is 12.1 Å². The number of hydrogen-bond acceptors (Lipinski definition) is 6. The summed E-state index contributed by atoms with van der Waals surface area (Å²) < 4.78 is 50.0. The van der Waals surface area contributed by atoms with Crippen LogP contribution in [0.4, 0.5) is 8.78 Å². The van der Waals surface area contributed by atoms with Gasteiger partial charge in [0.1, 0.15) is 17.2 Å². The third-order valence-electron chi connectivity index (χ3n) is 8.76. The molecule has 11 heteroatoms. The standard InChI is InChI=1S/C32H30ClF2N3O5/c1-32(23-7-5-19(33)15-24(23)34)42-26-4-2-3-21(30(26)43-32)18-9-12-37(13-10-18)17-27-36-25-8-6-22(31(39)40)28(35)29(25)38(27)16-20-11-14-41-20/h2-8,15,18,20H,9-14,16-17H2,1H3,(H,39,40)/t20-,32-/m0/s1. The minimum atomic E-state index is -1.31. The monoisotopic (exact) mass is 609 g/mol. The van der Waals surface area contributed by atoms with Crippen LogP contribution >= 0.6 is 11.6 Å². The van der Waals surface area contributed by atoms with Crippen LogP contribution in [0, 0.1) is 11.6 Å². The fraction of sp³-hybridized carbons (Fsp3) is 0.375. The predicted molar refractivity (Wildman–Crippen MR) is 155 cm³/mol. The van der Waals surface area contributed by atoms with Gasteiger partial charge in [-0.1, -0.05) is 23.7 Å². The van der Waals surface area contributed by atoms with Crippen molar-refractivity contribution in [2.45, 2.75) is 57.1 Å². The van der Waals surface area contributed by atoms with E-state index >= 15 is 4.39 Å². The summed E-state index contributed by atoms with van der Waals surface area (Å²) in [5.41, 5.74) is 1.57. The van der Waals surface area contributed by atoms with Crippen LogP contribution in [-0.2, 0) is 23.6 Å². The van der Waals surface area contributed by atoms with E-state index in [1.54, 1.807) is 29.7 Å². The van der Waals surface area contributed by atoms with E-state index < -0.39 is 23.4 Å². The van der Waals surface area contributed by atoms with Crippen molar-refractivity contribution in [3.63, 3.8) is 0 Å². The quantitative estimate of drug-likeness (QED) is 0.257. The molecule has 3 aliphatic heterocycles. The molecular weight excluding hydrogens is 580 g/mol. The molecule has 1 N–H and O–H groups in total. The molecule has 0 bridgehead atoms. The van der Waals surface area contributed by atoms with Gasteiger partial charge in [0.25, 0.3) is 5.79 Å². The molecule has 3 aromatic carbocycles. The van der Waals surface area contributed by atoms with Gasteiger partial charge in [0.15, 0.2) is 17.3 Å². The third kappa shape index (κ3) is 5.01. The first kappa shape index (κ1) is 28.1. The lowest BCUT2D eigenvalue weighted by Crippen LogP contribution is -2.35. The van der Waals surface area contributed by atoms with Crippen LogP contribution in [-0.4, -0.2) is 51.3 Å². The Balaban J connectivity index is 1.09. The molecule has 7 rings (SSSR count). The Kier molecular flexibility index (Phi) is 7.03. The molecule has 0 radical (unpaired) electrons. The molecule has 2 atom stereocenters. The second-order valence-corrected chi connectivity index (χ2v) is 12.0. The number of piperidine rings is 1. The van der Waals surface area contributed by atoms with Crippen molar-refractivity contribution >= 4 is 28.6 Å². The minimum absolute atomic E-state index is 0.0517. The first-order valence-electron chi connectivity index (χ1n) is 14.4. The van der Waals surface area contributed by atoms with E-state index in [9.17, 15) is 14.3 Å².